The number of hydrogen-bond donors (Lipinski definition) is 2. The summed E-state index contributed by atoms with van der Waals surface area (Å²) in [5.74, 6) is 1.66. The minimum atomic E-state index is 0. The SMILES string of the molecule is CCCCOCCNC(=NC)NCc1ccc(C)cc1OC.I. The zero-order valence-corrected chi connectivity index (χ0v) is 17.0. The van der Waals surface area contributed by atoms with Gasteiger partial charge in [-0.25, -0.2) is 0 Å². The molecule has 0 aliphatic rings. The van der Waals surface area contributed by atoms with Crippen LogP contribution in [0.5, 0.6) is 5.75 Å². The summed E-state index contributed by atoms with van der Waals surface area (Å²) in [5, 5.41) is 6.52. The maximum absolute atomic E-state index is 5.52. The van der Waals surface area contributed by atoms with E-state index in [1.54, 1.807) is 14.2 Å². The molecule has 0 aromatic heterocycles. The molecule has 23 heavy (non-hydrogen) atoms. The Kier molecular flexibility index (Phi) is 12.8. The van der Waals surface area contributed by atoms with Crippen molar-refractivity contribution < 1.29 is 9.47 Å². The summed E-state index contributed by atoms with van der Waals surface area (Å²) in [7, 11) is 3.46. The van der Waals surface area contributed by atoms with Gasteiger partial charge in [-0.15, -0.1) is 24.0 Å². The maximum Gasteiger partial charge on any atom is 0.191 e. The number of nitrogens with zero attached hydrogens (tertiary/aromatic N) is 1. The van der Waals surface area contributed by atoms with E-state index in [4.69, 9.17) is 9.47 Å². The lowest BCUT2D eigenvalue weighted by Crippen LogP contribution is -2.38. The number of benzene rings is 1. The average Bonchev–Trinajstić information content (AvgIpc) is 2.54. The van der Waals surface area contributed by atoms with Crippen LogP contribution in [0.1, 0.15) is 30.9 Å². The molecule has 1 rings (SSSR count). The minimum Gasteiger partial charge on any atom is -0.496 e. The summed E-state index contributed by atoms with van der Waals surface area (Å²) in [6, 6.07) is 6.19. The van der Waals surface area contributed by atoms with Crippen LogP contribution < -0.4 is 15.4 Å². The molecule has 0 fully saturated rings. The number of nitrogens with one attached hydrogen (secondary N) is 2. The number of aliphatic imine (C=N–C) groups is 1. The van der Waals surface area contributed by atoms with Crippen LogP contribution >= 0.6 is 24.0 Å². The monoisotopic (exact) mass is 435 g/mol. The lowest BCUT2D eigenvalue weighted by molar-refractivity contribution is 0.136. The standard InChI is InChI=1S/C17H29N3O2.HI/c1-5-6-10-22-11-9-19-17(18-3)20-13-15-8-7-14(2)12-16(15)21-4;/h7-8,12H,5-6,9-11,13H2,1-4H3,(H2,18,19,20);1H. The summed E-state index contributed by atoms with van der Waals surface area (Å²) in [5.41, 5.74) is 2.29. The topological polar surface area (TPSA) is 54.9 Å². The molecule has 0 bridgehead atoms. The zero-order valence-electron chi connectivity index (χ0n) is 14.6. The maximum atomic E-state index is 5.52. The Labute approximate surface area is 157 Å². The fourth-order valence-electron chi connectivity index (χ4n) is 1.99. The van der Waals surface area contributed by atoms with Crippen molar-refractivity contribution in [2.24, 2.45) is 4.99 Å². The normalized spacial score (nSPS) is 10.9. The van der Waals surface area contributed by atoms with Crippen molar-refractivity contribution in [3.63, 3.8) is 0 Å². The van der Waals surface area contributed by atoms with Crippen LogP contribution in [0, 0.1) is 6.92 Å². The Morgan fingerprint density at radius 3 is 2.65 bits per heavy atom. The summed E-state index contributed by atoms with van der Waals surface area (Å²) >= 11 is 0. The highest BCUT2D eigenvalue weighted by atomic mass is 127. The van der Waals surface area contributed by atoms with Gasteiger partial charge in [0, 0.05) is 32.3 Å². The van der Waals surface area contributed by atoms with E-state index in [9.17, 15) is 0 Å². The molecule has 5 nitrogen and oxygen atoms in total. The highest BCUT2D eigenvalue weighted by molar-refractivity contribution is 14.0. The number of guanidine groups is 1. The molecule has 0 unspecified atom stereocenters. The molecule has 2 N–H and O–H groups in total. The van der Waals surface area contributed by atoms with E-state index < -0.39 is 0 Å². The lowest BCUT2D eigenvalue weighted by atomic mass is 10.1. The van der Waals surface area contributed by atoms with Crippen molar-refractivity contribution in [2.45, 2.75) is 33.2 Å². The molecule has 6 heteroatoms. The number of hydrogen-bond acceptors (Lipinski definition) is 3. The molecule has 1 aromatic carbocycles. The first kappa shape index (κ1) is 22.0. The van der Waals surface area contributed by atoms with Gasteiger partial charge in [0.25, 0.3) is 0 Å². The van der Waals surface area contributed by atoms with E-state index in [0.29, 0.717) is 13.2 Å². The molecule has 0 atom stereocenters. The van der Waals surface area contributed by atoms with E-state index >= 15 is 0 Å². The molecule has 0 heterocycles. The van der Waals surface area contributed by atoms with Crippen LogP contribution in [0.3, 0.4) is 0 Å². The molecule has 0 radical (unpaired) electrons. The van der Waals surface area contributed by atoms with E-state index in [1.807, 2.05) is 6.07 Å². The first-order valence-electron chi connectivity index (χ1n) is 7.87. The third kappa shape index (κ3) is 9.00. The second-order valence-electron chi connectivity index (χ2n) is 5.13. The van der Waals surface area contributed by atoms with Gasteiger partial charge in [0.1, 0.15) is 5.75 Å². The molecule has 132 valence electrons. The van der Waals surface area contributed by atoms with Gasteiger partial charge in [0.2, 0.25) is 0 Å². The Balaban J connectivity index is 0.00000484. The predicted octanol–water partition coefficient (Wildman–Crippen LogP) is 3.10. The number of halogens is 1. The first-order chi connectivity index (χ1) is 10.7. The predicted molar refractivity (Wildman–Crippen MR) is 107 cm³/mol. The molecule has 0 aliphatic carbocycles. The van der Waals surface area contributed by atoms with Crippen molar-refractivity contribution in [2.75, 3.05) is 33.9 Å². The minimum absolute atomic E-state index is 0. The number of aryl methyl sites for hydroxylation is 1. The molecule has 1 aromatic rings. The van der Waals surface area contributed by atoms with Gasteiger partial charge in [-0.05, 0) is 25.0 Å². The van der Waals surface area contributed by atoms with E-state index in [1.165, 1.54) is 5.56 Å². The van der Waals surface area contributed by atoms with Crippen LogP contribution in [0.25, 0.3) is 0 Å². The van der Waals surface area contributed by atoms with Crippen LogP contribution in [0.2, 0.25) is 0 Å². The van der Waals surface area contributed by atoms with Crippen molar-refractivity contribution in [3.05, 3.63) is 29.3 Å². The Morgan fingerprint density at radius 2 is 2.00 bits per heavy atom. The molecule has 0 saturated carbocycles. The third-order valence-corrected chi connectivity index (χ3v) is 3.29. The molecule has 0 aliphatic heterocycles. The molecule has 0 amide bonds. The van der Waals surface area contributed by atoms with E-state index in [2.05, 4.69) is 41.6 Å². The molecular formula is C17H30IN3O2. The molecule has 0 saturated heterocycles. The quantitative estimate of drug-likeness (QED) is 0.271. The molecule has 0 spiro atoms. The van der Waals surface area contributed by atoms with Gasteiger partial charge in [0.05, 0.1) is 13.7 Å². The number of rotatable bonds is 9. The van der Waals surface area contributed by atoms with Gasteiger partial charge >= 0.3 is 0 Å². The largest absolute Gasteiger partial charge is 0.496 e. The Bertz CT molecular complexity index is 467. The number of unbranched alkanes of at least 4 members (excludes halogenated alkanes) is 1. The van der Waals surface area contributed by atoms with Gasteiger partial charge in [-0.3, -0.25) is 4.99 Å². The second kappa shape index (κ2) is 13.4. The fraction of sp³-hybridized carbons (Fsp3) is 0.588. The summed E-state index contributed by atoms with van der Waals surface area (Å²) in [4.78, 5) is 4.21. The molecular weight excluding hydrogens is 405 g/mol. The zero-order chi connectivity index (χ0) is 16.2. The van der Waals surface area contributed by atoms with Gasteiger partial charge in [0.15, 0.2) is 5.96 Å². The van der Waals surface area contributed by atoms with Crippen molar-refractivity contribution in [3.8, 4) is 5.75 Å². The van der Waals surface area contributed by atoms with Gasteiger partial charge in [-0.1, -0.05) is 25.5 Å². The highest BCUT2D eigenvalue weighted by Gasteiger charge is 2.04. The third-order valence-electron chi connectivity index (χ3n) is 3.29. The van der Waals surface area contributed by atoms with Crippen LogP contribution in [0.4, 0.5) is 0 Å². The van der Waals surface area contributed by atoms with Gasteiger partial charge < -0.3 is 20.1 Å². The fourth-order valence-corrected chi connectivity index (χ4v) is 1.99. The average molecular weight is 435 g/mol. The van der Waals surface area contributed by atoms with Crippen molar-refractivity contribution >= 4 is 29.9 Å². The van der Waals surface area contributed by atoms with Crippen LogP contribution in [-0.2, 0) is 11.3 Å². The summed E-state index contributed by atoms with van der Waals surface area (Å²) in [6.07, 6.45) is 2.27. The smallest absolute Gasteiger partial charge is 0.191 e. The summed E-state index contributed by atoms with van der Waals surface area (Å²) < 4.78 is 10.9. The van der Waals surface area contributed by atoms with Crippen molar-refractivity contribution in [1.29, 1.82) is 0 Å². The highest BCUT2D eigenvalue weighted by Crippen LogP contribution is 2.19. The van der Waals surface area contributed by atoms with Crippen LogP contribution in [0.15, 0.2) is 23.2 Å². The van der Waals surface area contributed by atoms with Gasteiger partial charge in [-0.2, -0.15) is 0 Å². The second-order valence-corrected chi connectivity index (χ2v) is 5.13. The van der Waals surface area contributed by atoms with Crippen molar-refractivity contribution in [1.82, 2.24) is 10.6 Å². The lowest BCUT2D eigenvalue weighted by Gasteiger charge is -2.14. The first-order valence-corrected chi connectivity index (χ1v) is 7.87. The Hall–Kier alpha value is -1.02. The number of methoxy groups -OCH3 is 1. The van der Waals surface area contributed by atoms with E-state index in [0.717, 1.165) is 43.3 Å². The Morgan fingerprint density at radius 1 is 1.22 bits per heavy atom. The number of ether oxygens (including phenoxy) is 2. The van der Waals surface area contributed by atoms with Crippen LogP contribution in [-0.4, -0.2) is 39.9 Å². The summed E-state index contributed by atoms with van der Waals surface area (Å²) in [6.45, 7) is 7.14. The van der Waals surface area contributed by atoms with E-state index in [-0.39, 0.29) is 24.0 Å².